The van der Waals surface area contributed by atoms with Gasteiger partial charge in [-0.05, 0) is 31.5 Å². The number of nitrogens with one attached hydrogen (secondary N) is 1. The minimum Gasteiger partial charge on any atom is -0.461 e. The molecule has 2 aromatic rings. The Balaban J connectivity index is 0.00000136. The Kier molecular flexibility index (Phi) is 7.97. The average Bonchev–Trinajstić information content (AvgIpc) is 3.19. The first-order valence-electron chi connectivity index (χ1n) is 10.8. The lowest BCUT2D eigenvalue weighted by molar-refractivity contribution is -0.150. The predicted octanol–water partition coefficient (Wildman–Crippen LogP) is 2.26. The number of esters is 1. The van der Waals surface area contributed by atoms with E-state index in [1.54, 1.807) is 0 Å². The number of carbonyl (C=O) groups excluding carboxylic acids is 1. The Labute approximate surface area is 195 Å². The molecule has 0 bridgehead atoms. The van der Waals surface area contributed by atoms with Crippen molar-refractivity contribution in [3.63, 3.8) is 0 Å². The van der Waals surface area contributed by atoms with Crippen molar-refractivity contribution < 1.29 is 9.53 Å². The van der Waals surface area contributed by atoms with Crippen LogP contribution in [0.4, 0.5) is 0 Å². The fourth-order valence-electron chi connectivity index (χ4n) is 4.97. The molecule has 0 radical (unpaired) electrons. The van der Waals surface area contributed by atoms with E-state index in [-0.39, 0.29) is 42.3 Å². The predicted molar refractivity (Wildman–Crippen MR) is 123 cm³/mol. The third-order valence-corrected chi connectivity index (χ3v) is 6.62. The summed E-state index contributed by atoms with van der Waals surface area (Å²) in [7, 11) is 0. The first-order valence-corrected chi connectivity index (χ1v) is 10.8. The van der Waals surface area contributed by atoms with Crippen molar-refractivity contribution in [2.24, 2.45) is 5.41 Å². The molecule has 1 aromatic heterocycles. The van der Waals surface area contributed by atoms with Gasteiger partial charge in [0.15, 0.2) is 5.82 Å². The number of cyclic esters (lactones) is 1. The van der Waals surface area contributed by atoms with E-state index >= 15 is 0 Å². The lowest BCUT2D eigenvalue weighted by Crippen LogP contribution is -2.40. The van der Waals surface area contributed by atoms with Crippen molar-refractivity contribution in [2.75, 3.05) is 32.7 Å². The molecule has 1 unspecified atom stereocenters. The van der Waals surface area contributed by atoms with Gasteiger partial charge in [0.2, 0.25) is 0 Å². The lowest BCUT2D eigenvalue weighted by atomic mass is 9.76. The van der Waals surface area contributed by atoms with E-state index < -0.39 is 0 Å². The Bertz CT molecular complexity index is 845. The van der Waals surface area contributed by atoms with Crippen molar-refractivity contribution in [3.8, 4) is 0 Å². The number of halogens is 2. The van der Waals surface area contributed by atoms with Crippen LogP contribution in [0.1, 0.15) is 36.5 Å². The maximum Gasteiger partial charge on any atom is 0.312 e. The fraction of sp³-hybridized carbons (Fsp3) is 0.591. The van der Waals surface area contributed by atoms with E-state index in [0.717, 1.165) is 83.0 Å². The summed E-state index contributed by atoms with van der Waals surface area (Å²) >= 11 is 0. The zero-order valence-electron chi connectivity index (χ0n) is 17.7. The fourth-order valence-corrected chi connectivity index (χ4v) is 4.97. The van der Waals surface area contributed by atoms with Crippen LogP contribution >= 0.6 is 24.8 Å². The van der Waals surface area contributed by atoms with Crippen LogP contribution in [0.25, 0.3) is 0 Å². The third-order valence-electron chi connectivity index (χ3n) is 6.62. The van der Waals surface area contributed by atoms with E-state index in [0.29, 0.717) is 0 Å². The van der Waals surface area contributed by atoms with Gasteiger partial charge in [-0.2, -0.15) is 5.10 Å². The molecule has 1 spiro atoms. The second-order valence-corrected chi connectivity index (χ2v) is 8.64. The van der Waals surface area contributed by atoms with Crippen molar-refractivity contribution >= 4 is 30.8 Å². The number of nitrogens with zero attached hydrogens (tertiary/aromatic N) is 4. The maximum absolute atomic E-state index is 12.5. The molecule has 170 valence electrons. The lowest BCUT2D eigenvalue weighted by Gasteiger charge is -2.29. The summed E-state index contributed by atoms with van der Waals surface area (Å²) in [6.45, 7) is 5.36. The smallest absolute Gasteiger partial charge is 0.312 e. The Morgan fingerprint density at radius 3 is 2.65 bits per heavy atom. The van der Waals surface area contributed by atoms with Gasteiger partial charge in [-0.25, -0.2) is 9.67 Å². The molecule has 1 N–H and O–H groups in total. The number of benzene rings is 1. The summed E-state index contributed by atoms with van der Waals surface area (Å²) in [4.78, 5) is 19.7. The minimum atomic E-state index is -0.234. The van der Waals surface area contributed by atoms with Crippen LogP contribution in [-0.2, 0) is 28.9 Å². The summed E-state index contributed by atoms with van der Waals surface area (Å²) in [6, 6.07) is 10.4. The minimum absolute atomic E-state index is 0. The van der Waals surface area contributed by atoms with E-state index in [1.165, 1.54) is 5.56 Å². The van der Waals surface area contributed by atoms with Gasteiger partial charge in [-0.3, -0.25) is 9.69 Å². The molecule has 1 aromatic carbocycles. The van der Waals surface area contributed by atoms with Crippen molar-refractivity contribution in [2.45, 2.75) is 44.8 Å². The molecular weight excluding hydrogens is 437 g/mol. The standard InChI is InChI=1S/C22H29N5O2.2ClH/c28-21-22(7-9-23-10-8-22)15-18(29-21)16-26-11-6-20-24-19(25-27(20)13-12-26)14-17-4-2-1-3-5-17;;/h1-5,18,23H,6-16H2;2*1H. The second kappa shape index (κ2) is 10.3. The van der Waals surface area contributed by atoms with Gasteiger partial charge < -0.3 is 10.1 Å². The SMILES string of the molecule is Cl.Cl.O=C1OC(CN2CCc3nc(Cc4ccccc4)nn3CC2)CC12CCNCC2. The molecule has 9 heteroatoms. The van der Waals surface area contributed by atoms with Crippen molar-refractivity contribution in [1.82, 2.24) is 25.0 Å². The number of hydrogen-bond acceptors (Lipinski definition) is 6. The molecule has 2 fully saturated rings. The highest BCUT2D eigenvalue weighted by molar-refractivity contribution is 5.85. The van der Waals surface area contributed by atoms with Crippen LogP contribution in [0.3, 0.4) is 0 Å². The molecule has 0 amide bonds. The van der Waals surface area contributed by atoms with Gasteiger partial charge in [-0.15, -0.1) is 24.8 Å². The van der Waals surface area contributed by atoms with Gasteiger partial charge >= 0.3 is 5.97 Å². The molecular formula is C22H31Cl2N5O2. The van der Waals surface area contributed by atoms with Crippen LogP contribution < -0.4 is 5.32 Å². The quantitative estimate of drug-likeness (QED) is 0.695. The molecule has 3 aliphatic heterocycles. The molecule has 3 aliphatic rings. The van der Waals surface area contributed by atoms with Crippen molar-refractivity contribution in [3.05, 3.63) is 47.5 Å². The molecule has 1 atom stereocenters. The van der Waals surface area contributed by atoms with Crippen LogP contribution in [0.5, 0.6) is 0 Å². The van der Waals surface area contributed by atoms with E-state index in [2.05, 4.69) is 39.2 Å². The molecule has 0 saturated carbocycles. The Morgan fingerprint density at radius 1 is 1.10 bits per heavy atom. The summed E-state index contributed by atoms with van der Waals surface area (Å²) in [5, 5.41) is 8.09. The van der Waals surface area contributed by atoms with E-state index in [4.69, 9.17) is 14.8 Å². The number of rotatable bonds is 4. The van der Waals surface area contributed by atoms with Gasteiger partial charge in [0.1, 0.15) is 11.9 Å². The molecule has 31 heavy (non-hydrogen) atoms. The van der Waals surface area contributed by atoms with Gasteiger partial charge in [0, 0.05) is 38.9 Å². The first-order chi connectivity index (χ1) is 14.2. The number of carbonyl (C=O) groups is 1. The Hall–Kier alpha value is -1.67. The van der Waals surface area contributed by atoms with Crippen LogP contribution in [0, 0.1) is 5.41 Å². The first kappa shape index (κ1) is 24.0. The van der Waals surface area contributed by atoms with Crippen LogP contribution in [0.2, 0.25) is 0 Å². The number of hydrogen-bond donors (Lipinski definition) is 1. The highest BCUT2D eigenvalue weighted by Crippen LogP contribution is 2.41. The summed E-state index contributed by atoms with van der Waals surface area (Å²) < 4.78 is 7.86. The van der Waals surface area contributed by atoms with Crippen molar-refractivity contribution in [1.29, 1.82) is 0 Å². The normalized spacial score (nSPS) is 22.7. The highest BCUT2D eigenvalue weighted by Gasteiger charge is 2.49. The number of aromatic nitrogens is 3. The summed E-state index contributed by atoms with van der Waals surface area (Å²) in [6.07, 6.45) is 4.37. The van der Waals surface area contributed by atoms with Crippen LogP contribution in [-0.4, -0.2) is 64.5 Å². The topological polar surface area (TPSA) is 72.3 Å². The molecule has 4 heterocycles. The maximum atomic E-state index is 12.5. The molecule has 2 saturated heterocycles. The zero-order valence-corrected chi connectivity index (χ0v) is 19.3. The molecule has 0 aliphatic carbocycles. The summed E-state index contributed by atoms with van der Waals surface area (Å²) in [5.41, 5.74) is 1.01. The number of fused-ring (bicyclic) bond motifs is 1. The molecule has 7 nitrogen and oxygen atoms in total. The third kappa shape index (κ3) is 5.22. The molecule has 5 rings (SSSR count). The van der Waals surface area contributed by atoms with Gasteiger partial charge in [-0.1, -0.05) is 30.3 Å². The Morgan fingerprint density at radius 2 is 1.87 bits per heavy atom. The zero-order chi connectivity index (χ0) is 19.7. The van der Waals surface area contributed by atoms with Crippen LogP contribution in [0.15, 0.2) is 30.3 Å². The number of piperidine rings is 1. The summed E-state index contributed by atoms with van der Waals surface area (Å²) in [5.74, 6) is 1.99. The van der Waals surface area contributed by atoms with E-state index in [1.807, 2.05) is 6.07 Å². The average molecular weight is 468 g/mol. The largest absolute Gasteiger partial charge is 0.461 e. The highest BCUT2D eigenvalue weighted by atomic mass is 35.5. The number of ether oxygens (including phenoxy) is 1. The second-order valence-electron chi connectivity index (χ2n) is 8.64. The van der Waals surface area contributed by atoms with Gasteiger partial charge in [0.25, 0.3) is 0 Å². The monoisotopic (exact) mass is 467 g/mol. The van der Waals surface area contributed by atoms with E-state index in [9.17, 15) is 4.79 Å². The van der Waals surface area contributed by atoms with Gasteiger partial charge in [0.05, 0.1) is 12.0 Å².